The maximum absolute atomic E-state index is 2.41. The fourth-order valence-electron chi connectivity index (χ4n) is 3.03. The molecule has 20 heavy (non-hydrogen) atoms. The average Bonchev–Trinajstić information content (AvgIpc) is 2.72. The molecule has 0 unspecified atom stereocenters. The van der Waals surface area contributed by atoms with Crippen molar-refractivity contribution >= 4 is 16.9 Å². The Morgan fingerprint density at radius 3 is 2.15 bits per heavy atom. The Hall–Kier alpha value is -0.850. The summed E-state index contributed by atoms with van der Waals surface area (Å²) in [6.45, 7) is 7.12. The fraction of sp³-hybridized carbons (Fsp3) is 0.167. The monoisotopic (exact) mass is 351 g/mol. The number of allylic oxidation sites excluding steroid dienone is 1. The van der Waals surface area contributed by atoms with Gasteiger partial charge < -0.3 is 0 Å². The summed E-state index contributed by atoms with van der Waals surface area (Å²) in [5.41, 5.74) is 7.27. The van der Waals surface area contributed by atoms with Crippen LogP contribution in [0.3, 0.4) is 0 Å². The molecule has 0 saturated carbocycles. The summed E-state index contributed by atoms with van der Waals surface area (Å²) in [5, 5.41) is 1.64. The molecule has 1 aliphatic carbocycles. The Morgan fingerprint density at radius 1 is 0.850 bits per heavy atom. The quantitative estimate of drug-likeness (QED) is 0.663. The van der Waals surface area contributed by atoms with Gasteiger partial charge in [0.2, 0.25) is 0 Å². The van der Waals surface area contributed by atoms with Gasteiger partial charge in [0.1, 0.15) is 0 Å². The topological polar surface area (TPSA) is 0 Å². The number of hydrogen-bond donors (Lipinski definition) is 0. The van der Waals surface area contributed by atoms with Gasteiger partial charge in [0.15, 0.2) is 0 Å². The van der Waals surface area contributed by atoms with Crippen molar-refractivity contribution in [1.82, 2.24) is 0 Å². The van der Waals surface area contributed by atoms with Gasteiger partial charge in [-0.2, -0.15) is 0 Å². The minimum absolute atomic E-state index is 0.461. The third-order valence-corrected chi connectivity index (χ3v) is 7.13. The average molecular weight is 353 g/mol. The summed E-state index contributed by atoms with van der Waals surface area (Å²) >= 11 is 1.53. The first kappa shape index (κ1) is 14.1. The van der Waals surface area contributed by atoms with Crippen LogP contribution in [0, 0.1) is 0 Å². The van der Waals surface area contributed by atoms with Crippen molar-refractivity contribution < 1.29 is 24.7 Å². The van der Waals surface area contributed by atoms with Crippen molar-refractivity contribution in [3.8, 4) is 11.1 Å². The van der Waals surface area contributed by atoms with Crippen molar-refractivity contribution in [2.24, 2.45) is 0 Å². The Bertz CT molecular complexity index is 735. The third kappa shape index (κ3) is 2.19. The van der Waals surface area contributed by atoms with Crippen LogP contribution in [0.4, 0.5) is 0 Å². The molecule has 0 radical (unpaired) electrons. The van der Waals surface area contributed by atoms with E-state index in [1.807, 2.05) is 0 Å². The predicted molar refractivity (Wildman–Crippen MR) is 86.1 cm³/mol. The van der Waals surface area contributed by atoms with E-state index in [0.29, 0.717) is 0 Å². The standard InChI is InChI=1S/C18H17Si.Zr/c1-13-12-15-10-7-11-16(14-8-5-4-6-9-14)17(15)18(13)19(2)3;/h4-11H,1-3H3;. The van der Waals surface area contributed by atoms with Gasteiger partial charge >= 0.3 is 138 Å². The summed E-state index contributed by atoms with van der Waals surface area (Å²) in [6.07, 6.45) is 0. The number of benzene rings is 2. The third-order valence-electron chi connectivity index (χ3n) is 3.92. The van der Waals surface area contributed by atoms with Gasteiger partial charge in [0.25, 0.3) is 0 Å². The molecular weight excluding hydrogens is 336 g/mol. The van der Waals surface area contributed by atoms with Crippen LogP contribution >= 0.6 is 0 Å². The van der Waals surface area contributed by atoms with Crippen molar-refractivity contribution in [3.63, 3.8) is 0 Å². The molecule has 0 amide bonds. The molecule has 0 spiro atoms. The van der Waals surface area contributed by atoms with Crippen LogP contribution in [0.25, 0.3) is 14.4 Å². The van der Waals surface area contributed by atoms with E-state index in [0.717, 1.165) is 0 Å². The van der Waals surface area contributed by atoms with Gasteiger partial charge in [-0.15, -0.1) is 0 Å². The van der Waals surface area contributed by atoms with Crippen molar-refractivity contribution in [3.05, 3.63) is 65.2 Å². The molecule has 0 nitrogen and oxygen atoms in total. The molecular formula is C18H17SiZr. The maximum atomic E-state index is 2.41. The first-order chi connectivity index (χ1) is 9.61. The van der Waals surface area contributed by atoms with Crippen LogP contribution in [0.5, 0.6) is 0 Å². The van der Waals surface area contributed by atoms with Gasteiger partial charge in [-0.25, -0.2) is 0 Å². The van der Waals surface area contributed by atoms with Crippen LogP contribution in [-0.4, -0.2) is 13.6 Å². The van der Waals surface area contributed by atoms with Crippen LogP contribution in [0.1, 0.15) is 18.1 Å². The number of rotatable bonds is 1. The number of hydrogen-bond acceptors (Lipinski definition) is 0. The van der Waals surface area contributed by atoms with Gasteiger partial charge in [0, 0.05) is 0 Å². The zero-order valence-corrected chi connectivity index (χ0v) is 15.6. The summed E-state index contributed by atoms with van der Waals surface area (Å²) in [4.78, 5) is 0. The minimum atomic E-state index is -0.461. The number of fused-ring (bicyclic) bond motifs is 1. The molecule has 2 aromatic carbocycles. The second-order valence-corrected chi connectivity index (χ2v) is 9.20. The van der Waals surface area contributed by atoms with E-state index in [4.69, 9.17) is 0 Å². The second kappa shape index (κ2) is 5.50. The molecule has 1 aliphatic rings. The molecule has 0 bridgehead atoms. The molecule has 3 rings (SSSR count). The molecule has 0 saturated heterocycles. The summed E-state index contributed by atoms with van der Waals surface area (Å²) in [6, 6.07) is 17.6. The van der Waals surface area contributed by atoms with Gasteiger partial charge in [-0.1, -0.05) is 0 Å². The van der Waals surface area contributed by atoms with Gasteiger partial charge in [0.05, 0.1) is 0 Å². The summed E-state index contributed by atoms with van der Waals surface area (Å²) in [5.74, 6) is 0. The van der Waals surface area contributed by atoms with E-state index in [9.17, 15) is 0 Å². The molecule has 2 aromatic rings. The van der Waals surface area contributed by atoms with E-state index < -0.39 is 8.41 Å². The zero-order chi connectivity index (χ0) is 14.3. The van der Waals surface area contributed by atoms with Crippen LogP contribution < -0.4 is 0 Å². The van der Waals surface area contributed by atoms with Crippen molar-refractivity contribution in [2.75, 3.05) is 0 Å². The first-order valence-electron chi connectivity index (χ1n) is 6.90. The Balaban J connectivity index is 2.34. The fourth-order valence-corrected chi connectivity index (χ4v) is 5.80. The zero-order valence-electron chi connectivity index (χ0n) is 12.1. The first-order valence-corrected chi connectivity index (χ1v) is 10.6. The molecule has 0 atom stereocenters. The second-order valence-electron chi connectivity index (χ2n) is 5.47. The van der Waals surface area contributed by atoms with E-state index >= 15 is 0 Å². The van der Waals surface area contributed by atoms with Crippen LogP contribution in [-0.2, 0) is 24.7 Å². The summed E-state index contributed by atoms with van der Waals surface area (Å²) in [7, 11) is -0.461. The van der Waals surface area contributed by atoms with E-state index in [1.165, 1.54) is 47.0 Å². The van der Waals surface area contributed by atoms with Crippen LogP contribution in [0.2, 0.25) is 13.1 Å². The van der Waals surface area contributed by atoms with E-state index in [2.05, 4.69) is 68.5 Å². The predicted octanol–water partition coefficient (Wildman–Crippen LogP) is 4.50. The van der Waals surface area contributed by atoms with Crippen molar-refractivity contribution in [2.45, 2.75) is 20.0 Å². The van der Waals surface area contributed by atoms with Crippen LogP contribution in [0.15, 0.2) is 54.1 Å². The molecule has 0 fully saturated rings. The normalized spacial score (nSPS) is 13.6. The molecule has 97 valence electrons. The van der Waals surface area contributed by atoms with Gasteiger partial charge in [-0.05, 0) is 0 Å². The molecule has 0 heterocycles. The Labute approximate surface area is 137 Å². The molecule has 0 aromatic heterocycles. The SMILES string of the molecule is CC1=[C]([Zr])c2cccc(-c3ccccc3)c2C1=[Si](C)C. The summed E-state index contributed by atoms with van der Waals surface area (Å²) < 4.78 is 1.55. The van der Waals surface area contributed by atoms with Crippen molar-refractivity contribution in [1.29, 1.82) is 0 Å². The molecule has 0 N–H and O–H groups in total. The molecule has 0 aliphatic heterocycles. The Morgan fingerprint density at radius 2 is 1.50 bits per heavy atom. The van der Waals surface area contributed by atoms with E-state index in [-0.39, 0.29) is 0 Å². The Kier molecular flexibility index (Phi) is 3.88. The van der Waals surface area contributed by atoms with E-state index in [1.54, 1.807) is 14.0 Å². The molecule has 2 heteroatoms. The van der Waals surface area contributed by atoms with Gasteiger partial charge in [-0.3, -0.25) is 0 Å².